The first-order chi connectivity index (χ1) is 13.1. The highest BCUT2D eigenvalue weighted by molar-refractivity contribution is 6.01. The maximum absolute atomic E-state index is 14.0. The Balaban J connectivity index is 1.73. The molecule has 2 heterocycles. The third-order valence-corrected chi connectivity index (χ3v) is 5.29. The summed E-state index contributed by atoms with van der Waals surface area (Å²) in [5.41, 5.74) is 0.431. The standard InChI is InChI=1S/C21H27FN2O3/c1-3-11-24-12-7-10-21(15-24,20(25)26-4-2)14-16-13-19(23-27-16)17-8-5-6-9-18(17)22/h3,5-6,8-9,16H,1,4,7,10-15H2,2H3/t16-,21-/m0/s1. The molecule has 0 aromatic heterocycles. The number of oxime groups is 1. The van der Waals surface area contributed by atoms with Crippen molar-refractivity contribution >= 4 is 11.7 Å². The van der Waals surface area contributed by atoms with Crippen molar-refractivity contribution in [1.82, 2.24) is 4.90 Å². The van der Waals surface area contributed by atoms with Crippen molar-refractivity contribution in [3.05, 3.63) is 48.3 Å². The number of ether oxygens (including phenoxy) is 1. The molecule has 0 radical (unpaired) electrons. The van der Waals surface area contributed by atoms with E-state index in [1.165, 1.54) is 6.07 Å². The maximum Gasteiger partial charge on any atom is 0.313 e. The summed E-state index contributed by atoms with van der Waals surface area (Å²) in [6.45, 7) is 8.27. The fourth-order valence-corrected chi connectivity index (χ4v) is 4.09. The van der Waals surface area contributed by atoms with E-state index in [1.807, 2.05) is 13.0 Å². The summed E-state index contributed by atoms with van der Waals surface area (Å²) in [6.07, 6.45) is 4.28. The highest BCUT2D eigenvalue weighted by Crippen LogP contribution is 2.39. The molecule has 2 aliphatic rings. The summed E-state index contributed by atoms with van der Waals surface area (Å²) in [4.78, 5) is 20.7. The molecule has 0 amide bonds. The number of likely N-dealkylation sites (tertiary alicyclic amines) is 1. The van der Waals surface area contributed by atoms with Crippen LogP contribution in [0, 0.1) is 11.2 Å². The van der Waals surface area contributed by atoms with Gasteiger partial charge in [0, 0.05) is 31.5 Å². The van der Waals surface area contributed by atoms with E-state index in [-0.39, 0.29) is 17.9 Å². The second-order valence-electron chi connectivity index (χ2n) is 7.28. The van der Waals surface area contributed by atoms with E-state index < -0.39 is 5.41 Å². The Labute approximate surface area is 159 Å². The predicted molar refractivity (Wildman–Crippen MR) is 102 cm³/mol. The Bertz CT molecular complexity index is 721. The van der Waals surface area contributed by atoms with E-state index in [9.17, 15) is 9.18 Å². The van der Waals surface area contributed by atoms with Crippen molar-refractivity contribution in [1.29, 1.82) is 0 Å². The average molecular weight is 374 g/mol. The summed E-state index contributed by atoms with van der Waals surface area (Å²) in [6, 6.07) is 6.55. The van der Waals surface area contributed by atoms with E-state index >= 15 is 0 Å². The van der Waals surface area contributed by atoms with Crippen molar-refractivity contribution < 1.29 is 18.8 Å². The average Bonchev–Trinajstić information content (AvgIpc) is 3.11. The third kappa shape index (κ3) is 4.38. The second kappa shape index (κ2) is 8.65. The van der Waals surface area contributed by atoms with Crippen LogP contribution in [0.2, 0.25) is 0 Å². The topological polar surface area (TPSA) is 51.1 Å². The minimum absolute atomic E-state index is 0.179. The van der Waals surface area contributed by atoms with Gasteiger partial charge in [-0.2, -0.15) is 0 Å². The fourth-order valence-electron chi connectivity index (χ4n) is 4.09. The molecule has 27 heavy (non-hydrogen) atoms. The van der Waals surface area contributed by atoms with Gasteiger partial charge in [0.1, 0.15) is 11.9 Å². The van der Waals surface area contributed by atoms with E-state index in [2.05, 4.69) is 16.6 Å². The number of rotatable bonds is 7. The highest BCUT2D eigenvalue weighted by atomic mass is 19.1. The lowest BCUT2D eigenvalue weighted by atomic mass is 9.74. The van der Waals surface area contributed by atoms with Crippen LogP contribution in [-0.2, 0) is 14.4 Å². The molecular weight excluding hydrogens is 347 g/mol. The number of hydrogen-bond acceptors (Lipinski definition) is 5. The van der Waals surface area contributed by atoms with E-state index in [4.69, 9.17) is 9.57 Å². The molecule has 146 valence electrons. The molecule has 1 fully saturated rings. The number of benzene rings is 1. The number of carbonyl (C=O) groups excluding carboxylic acids is 1. The lowest BCUT2D eigenvalue weighted by molar-refractivity contribution is -0.162. The van der Waals surface area contributed by atoms with Crippen LogP contribution in [0.5, 0.6) is 0 Å². The van der Waals surface area contributed by atoms with Crippen LogP contribution >= 0.6 is 0 Å². The van der Waals surface area contributed by atoms with Crippen molar-refractivity contribution in [2.24, 2.45) is 10.6 Å². The molecule has 0 bridgehead atoms. The number of halogens is 1. The van der Waals surface area contributed by atoms with Gasteiger partial charge in [0.2, 0.25) is 0 Å². The molecule has 0 aliphatic carbocycles. The van der Waals surface area contributed by atoms with Gasteiger partial charge in [0.15, 0.2) is 0 Å². The highest BCUT2D eigenvalue weighted by Gasteiger charge is 2.46. The van der Waals surface area contributed by atoms with Crippen molar-refractivity contribution in [2.45, 2.75) is 38.7 Å². The quantitative estimate of drug-likeness (QED) is 0.541. The summed E-state index contributed by atoms with van der Waals surface area (Å²) in [7, 11) is 0. The molecule has 2 atom stereocenters. The summed E-state index contributed by atoms with van der Waals surface area (Å²) >= 11 is 0. The molecule has 0 unspecified atom stereocenters. The molecule has 1 saturated heterocycles. The smallest absolute Gasteiger partial charge is 0.313 e. The van der Waals surface area contributed by atoms with Crippen LogP contribution in [0.15, 0.2) is 42.1 Å². The van der Waals surface area contributed by atoms with Crippen LogP contribution in [0.25, 0.3) is 0 Å². The van der Waals surface area contributed by atoms with Crippen LogP contribution in [-0.4, -0.2) is 48.9 Å². The van der Waals surface area contributed by atoms with Gasteiger partial charge in [-0.15, -0.1) is 6.58 Å². The van der Waals surface area contributed by atoms with Gasteiger partial charge in [0.25, 0.3) is 0 Å². The molecule has 1 aromatic carbocycles. The van der Waals surface area contributed by atoms with Crippen LogP contribution < -0.4 is 0 Å². The monoisotopic (exact) mass is 374 g/mol. The zero-order valence-corrected chi connectivity index (χ0v) is 15.8. The molecule has 5 nitrogen and oxygen atoms in total. The van der Waals surface area contributed by atoms with E-state index in [0.29, 0.717) is 37.3 Å². The van der Waals surface area contributed by atoms with Gasteiger partial charge < -0.3 is 9.57 Å². The van der Waals surface area contributed by atoms with Gasteiger partial charge in [-0.3, -0.25) is 9.69 Å². The third-order valence-electron chi connectivity index (χ3n) is 5.29. The Hall–Kier alpha value is -2.21. The first-order valence-electron chi connectivity index (χ1n) is 9.56. The van der Waals surface area contributed by atoms with Gasteiger partial charge >= 0.3 is 5.97 Å². The molecule has 0 saturated carbocycles. The van der Waals surface area contributed by atoms with Gasteiger partial charge in [-0.05, 0) is 32.4 Å². The minimum atomic E-state index is -0.623. The normalized spacial score (nSPS) is 25.6. The van der Waals surface area contributed by atoms with Crippen LogP contribution in [0.4, 0.5) is 4.39 Å². The zero-order valence-electron chi connectivity index (χ0n) is 15.8. The zero-order chi connectivity index (χ0) is 19.3. The lowest BCUT2D eigenvalue weighted by Crippen LogP contribution is -2.50. The Kier molecular flexibility index (Phi) is 6.26. The van der Waals surface area contributed by atoms with Gasteiger partial charge in [0.05, 0.1) is 17.7 Å². The summed E-state index contributed by atoms with van der Waals surface area (Å²) in [5, 5.41) is 4.10. The Morgan fingerprint density at radius 2 is 2.33 bits per heavy atom. The largest absolute Gasteiger partial charge is 0.466 e. The van der Waals surface area contributed by atoms with Crippen molar-refractivity contribution in [2.75, 3.05) is 26.2 Å². The summed E-state index contributed by atoms with van der Waals surface area (Å²) in [5.74, 6) is -0.489. The van der Waals surface area contributed by atoms with Gasteiger partial charge in [-0.1, -0.05) is 29.4 Å². The predicted octanol–water partition coefficient (Wildman–Crippen LogP) is 3.54. The molecule has 6 heteroatoms. The molecule has 0 spiro atoms. The molecule has 0 N–H and O–H groups in total. The number of piperidine rings is 1. The van der Waals surface area contributed by atoms with Crippen LogP contribution in [0.3, 0.4) is 0 Å². The number of nitrogens with zero attached hydrogens (tertiary/aromatic N) is 2. The molecule has 2 aliphatic heterocycles. The first kappa shape index (κ1) is 19.5. The Morgan fingerprint density at radius 1 is 1.52 bits per heavy atom. The van der Waals surface area contributed by atoms with Crippen molar-refractivity contribution in [3.8, 4) is 0 Å². The fraction of sp³-hybridized carbons (Fsp3) is 0.524. The van der Waals surface area contributed by atoms with E-state index in [0.717, 1.165) is 25.9 Å². The second-order valence-corrected chi connectivity index (χ2v) is 7.28. The SMILES string of the molecule is C=CCN1CCC[C@@](C[C@@H]2CC(c3ccccc3F)=NO2)(C(=O)OCC)C1. The van der Waals surface area contributed by atoms with Crippen LogP contribution in [0.1, 0.15) is 38.2 Å². The number of carbonyl (C=O) groups is 1. The minimum Gasteiger partial charge on any atom is -0.466 e. The van der Waals surface area contributed by atoms with Crippen molar-refractivity contribution in [3.63, 3.8) is 0 Å². The number of esters is 1. The lowest BCUT2D eigenvalue weighted by Gasteiger charge is -2.41. The van der Waals surface area contributed by atoms with E-state index in [1.54, 1.807) is 18.2 Å². The Morgan fingerprint density at radius 3 is 3.07 bits per heavy atom. The van der Waals surface area contributed by atoms with Gasteiger partial charge in [-0.25, -0.2) is 4.39 Å². The summed E-state index contributed by atoms with van der Waals surface area (Å²) < 4.78 is 19.4. The maximum atomic E-state index is 14.0. The first-order valence-corrected chi connectivity index (χ1v) is 9.56. The molecule has 1 aromatic rings. The molecule has 3 rings (SSSR count). The number of hydrogen-bond donors (Lipinski definition) is 0. The molecular formula is C21H27FN2O3.